The number of aliphatic hydroxyl groups is 1. The van der Waals surface area contributed by atoms with Gasteiger partial charge in [-0.15, -0.1) is 0 Å². The number of hydrogen-bond donors (Lipinski definition) is 6. The fraction of sp³-hybridized carbons (Fsp3) is 0.524. The van der Waals surface area contributed by atoms with E-state index in [9.17, 15) is 19.4 Å². The van der Waals surface area contributed by atoms with Crippen molar-refractivity contribution in [1.29, 1.82) is 0 Å². The maximum Gasteiger partial charge on any atom is 0.472 e. The Hall–Kier alpha value is -3.55. The van der Waals surface area contributed by atoms with E-state index >= 15 is 0 Å². The number of aromatic amines is 1. The number of fused-ring (bicyclic) bond motifs is 5. The molecule has 0 spiro atoms. The fourth-order valence-electron chi connectivity index (χ4n) is 5.79. The van der Waals surface area contributed by atoms with Gasteiger partial charge in [-0.2, -0.15) is 4.98 Å². The Labute approximate surface area is 229 Å². The second-order valence-corrected chi connectivity index (χ2v) is 11.5. The van der Waals surface area contributed by atoms with Crippen molar-refractivity contribution < 1.29 is 33.1 Å². The third-order valence-corrected chi connectivity index (χ3v) is 8.74. The van der Waals surface area contributed by atoms with Crippen molar-refractivity contribution in [2.75, 3.05) is 18.1 Å². The Balaban J connectivity index is 1.20. The van der Waals surface area contributed by atoms with Crippen LogP contribution in [0.1, 0.15) is 25.3 Å². The maximum absolute atomic E-state index is 13.1. The van der Waals surface area contributed by atoms with Gasteiger partial charge in [-0.05, 0) is 12.8 Å². The van der Waals surface area contributed by atoms with Crippen LogP contribution in [0.4, 0.5) is 11.8 Å². The topological polar surface area (TPSA) is 280 Å². The number of nitrogens with zero attached hydrogens (tertiary/aromatic N) is 7. The van der Waals surface area contributed by atoms with Gasteiger partial charge in [-0.25, -0.2) is 24.5 Å². The van der Waals surface area contributed by atoms with Crippen molar-refractivity contribution >= 4 is 41.9 Å². The van der Waals surface area contributed by atoms with E-state index in [-0.39, 0.29) is 29.5 Å². The van der Waals surface area contributed by atoms with Crippen molar-refractivity contribution in [2.45, 2.75) is 55.8 Å². The molecule has 0 aromatic carbocycles. The van der Waals surface area contributed by atoms with Gasteiger partial charge in [0.25, 0.3) is 5.56 Å². The molecule has 20 heteroatoms. The van der Waals surface area contributed by atoms with Gasteiger partial charge in [0.05, 0.1) is 37.5 Å². The van der Waals surface area contributed by atoms with Crippen molar-refractivity contribution in [1.82, 2.24) is 39.0 Å². The Bertz CT molecular complexity index is 1740. The molecule has 0 aliphatic carbocycles. The number of hydrogen-bond acceptors (Lipinski definition) is 15. The first kappa shape index (κ1) is 26.4. The highest BCUT2D eigenvalue weighted by molar-refractivity contribution is 7.47. The van der Waals surface area contributed by atoms with Gasteiger partial charge in [0.15, 0.2) is 35.1 Å². The van der Waals surface area contributed by atoms with E-state index in [1.54, 1.807) is 0 Å². The quantitative estimate of drug-likeness (QED) is 0.145. The Morgan fingerprint density at radius 2 is 1.73 bits per heavy atom. The predicted molar refractivity (Wildman–Crippen MR) is 137 cm³/mol. The summed E-state index contributed by atoms with van der Waals surface area (Å²) in [6.45, 7) is -0.366. The molecule has 4 aromatic rings. The normalized spacial score (nSPS) is 36.0. The van der Waals surface area contributed by atoms with Crippen LogP contribution in [0.3, 0.4) is 0 Å². The van der Waals surface area contributed by atoms with Crippen LogP contribution in [-0.4, -0.2) is 86.1 Å². The third-order valence-electron chi connectivity index (χ3n) is 7.75. The highest BCUT2D eigenvalue weighted by atomic mass is 31.2. The molecule has 218 valence electrons. The molecule has 3 aliphatic heterocycles. The Kier molecular flexibility index (Phi) is 6.10. The Morgan fingerprint density at radius 3 is 2.54 bits per heavy atom. The second kappa shape index (κ2) is 9.50. The summed E-state index contributed by atoms with van der Waals surface area (Å²) < 4.78 is 39.2. The average Bonchev–Trinajstić information content (AvgIpc) is 3.67. The van der Waals surface area contributed by atoms with Crippen molar-refractivity contribution in [3.8, 4) is 0 Å². The van der Waals surface area contributed by atoms with Crippen molar-refractivity contribution in [2.24, 2.45) is 11.7 Å². The van der Waals surface area contributed by atoms with Gasteiger partial charge in [-0.3, -0.25) is 28.0 Å². The van der Waals surface area contributed by atoms with E-state index in [1.807, 2.05) is 0 Å². The summed E-state index contributed by atoms with van der Waals surface area (Å²) in [7, 11) is -4.75. The number of nitrogens with one attached hydrogen (secondary N) is 1. The molecule has 0 radical (unpaired) electrons. The average molecular weight is 591 g/mol. The number of rotatable bonds is 2. The first-order chi connectivity index (χ1) is 19.6. The number of imidazole rings is 2. The van der Waals surface area contributed by atoms with E-state index in [0.29, 0.717) is 24.0 Å². The van der Waals surface area contributed by atoms with Gasteiger partial charge in [0.2, 0.25) is 5.95 Å². The van der Waals surface area contributed by atoms with Gasteiger partial charge >= 0.3 is 7.82 Å². The number of H-pyrrole nitrogens is 1. The number of aromatic nitrogens is 8. The number of phosphoric ester groups is 1. The van der Waals surface area contributed by atoms with Crippen LogP contribution >= 0.6 is 7.82 Å². The fourth-order valence-corrected chi connectivity index (χ4v) is 6.74. The zero-order chi connectivity index (χ0) is 28.6. The molecule has 9 N–H and O–H groups in total. The molecule has 41 heavy (non-hydrogen) atoms. The van der Waals surface area contributed by atoms with Crippen LogP contribution < -0.4 is 22.8 Å². The van der Waals surface area contributed by atoms with E-state index in [4.69, 9.17) is 35.7 Å². The van der Waals surface area contributed by atoms with Crippen molar-refractivity contribution in [3.63, 3.8) is 0 Å². The molecule has 19 nitrogen and oxygen atoms in total. The highest BCUT2D eigenvalue weighted by Gasteiger charge is 2.52. The number of ether oxygens (including phenoxy) is 2. The van der Waals surface area contributed by atoms with Gasteiger partial charge in [0.1, 0.15) is 24.1 Å². The van der Waals surface area contributed by atoms with Crippen LogP contribution in [0.15, 0.2) is 23.8 Å². The number of phosphoric acid groups is 1. The molecule has 7 rings (SSSR count). The minimum atomic E-state index is -4.75. The lowest BCUT2D eigenvalue weighted by Gasteiger charge is -2.25. The lowest BCUT2D eigenvalue weighted by atomic mass is 9.90. The molecule has 3 fully saturated rings. The molecule has 3 aliphatic rings. The smallest absolute Gasteiger partial charge is 0.388 e. The summed E-state index contributed by atoms with van der Waals surface area (Å²) in [5.74, 6) is -0.540. The molecule has 4 aromatic heterocycles. The SMILES string of the molecule is Nc1nc2c(ncn2[C@@H]2OC3CC[C@H]4[C@@H](O)[C@H](n5cnc6c(N)ncnc65)O[C@@H]4COP(=O)(O)O[C@@H]2[C@@H]3N)c(=O)[nH]1. The number of aliphatic hydroxyl groups excluding tert-OH is 1. The summed E-state index contributed by atoms with van der Waals surface area (Å²) >= 11 is 0. The summed E-state index contributed by atoms with van der Waals surface area (Å²) in [5.41, 5.74) is 18.3. The number of anilines is 2. The number of nitrogens with two attached hydrogens (primary N) is 3. The second-order valence-electron chi connectivity index (χ2n) is 10.1. The largest absolute Gasteiger partial charge is 0.472 e. The van der Waals surface area contributed by atoms with Crippen LogP contribution in [0.2, 0.25) is 0 Å². The molecule has 0 amide bonds. The minimum Gasteiger partial charge on any atom is -0.388 e. The zero-order valence-corrected chi connectivity index (χ0v) is 22.0. The van der Waals surface area contributed by atoms with E-state index in [2.05, 4.69) is 29.9 Å². The van der Waals surface area contributed by atoms with Crippen LogP contribution in [0, 0.1) is 5.92 Å². The summed E-state index contributed by atoms with van der Waals surface area (Å²) in [6.07, 6.45) is -1.12. The first-order valence-corrected chi connectivity index (χ1v) is 14.2. The zero-order valence-electron chi connectivity index (χ0n) is 21.1. The highest BCUT2D eigenvalue weighted by Crippen LogP contribution is 2.51. The lowest BCUT2D eigenvalue weighted by Crippen LogP contribution is -2.41. The van der Waals surface area contributed by atoms with Gasteiger partial charge in [-0.1, -0.05) is 0 Å². The molecule has 7 heterocycles. The third kappa shape index (κ3) is 4.29. The van der Waals surface area contributed by atoms with E-state index in [1.165, 1.54) is 28.1 Å². The molecular formula is C21H26N11O8P. The van der Waals surface area contributed by atoms with Crippen LogP contribution in [0.5, 0.6) is 0 Å². The molecule has 0 saturated carbocycles. The van der Waals surface area contributed by atoms with Gasteiger partial charge < -0.3 is 36.7 Å². The predicted octanol–water partition coefficient (Wildman–Crippen LogP) is -1.48. The van der Waals surface area contributed by atoms with E-state index < -0.39 is 62.2 Å². The van der Waals surface area contributed by atoms with E-state index in [0.717, 1.165) is 0 Å². The maximum atomic E-state index is 13.1. The van der Waals surface area contributed by atoms with Crippen LogP contribution in [-0.2, 0) is 23.1 Å². The minimum absolute atomic E-state index is 0.0118. The van der Waals surface area contributed by atoms with Gasteiger partial charge in [0, 0.05) is 5.92 Å². The summed E-state index contributed by atoms with van der Waals surface area (Å²) in [4.78, 5) is 45.9. The lowest BCUT2D eigenvalue weighted by molar-refractivity contribution is -0.0600. The summed E-state index contributed by atoms with van der Waals surface area (Å²) in [5, 5.41) is 11.4. The first-order valence-electron chi connectivity index (χ1n) is 12.7. The monoisotopic (exact) mass is 591 g/mol. The number of nitrogen functional groups attached to an aromatic ring is 2. The molecular weight excluding hydrogens is 565 g/mol. The molecule has 2 unspecified atom stereocenters. The van der Waals surface area contributed by atoms with Crippen molar-refractivity contribution in [3.05, 3.63) is 29.3 Å². The molecule has 2 bridgehead atoms. The summed E-state index contributed by atoms with van der Waals surface area (Å²) in [6, 6.07) is -0.898. The molecule has 3 saturated heterocycles. The molecule has 9 atom stereocenters. The standard InChI is InChI=1S/C21H26N11O8P/c22-10-8-2-1-7-9(39-19(13(7)33)31-5-27-11-15(23)25-4-26-16(11)31)3-37-41(35,36)40-14(10)20(38-8)32-6-28-12-17(32)29-21(24)30-18(12)34/h4-10,13-14,19-20,33H,1-3,22H2,(H,35,36)(H2,23,25,26)(H3,24,29,30,34)/t7-,8?,9-,10-,13-,14-,19-,20-/m1/s1. The van der Waals surface area contributed by atoms with Crippen LogP contribution in [0.25, 0.3) is 22.3 Å². The Morgan fingerprint density at radius 1 is 1.00 bits per heavy atom.